The van der Waals surface area contributed by atoms with Gasteiger partial charge >= 0.3 is 0 Å². The van der Waals surface area contributed by atoms with Crippen LogP contribution in [0.2, 0.25) is 0 Å². The van der Waals surface area contributed by atoms with Crippen LogP contribution < -0.4 is 15.5 Å². The largest absolute Gasteiger partial charge is 0.372 e. The van der Waals surface area contributed by atoms with Gasteiger partial charge in [0.25, 0.3) is 0 Å². The van der Waals surface area contributed by atoms with E-state index in [-0.39, 0.29) is 0 Å². The van der Waals surface area contributed by atoms with Gasteiger partial charge in [0.1, 0.15) is 5.82 Å². The molecular formula is C23H26N6. The highest BCUT2D eigenvalue weighted by Gasteiger charge is 2.08. The van der Waals surface area contributed by atoms with Crippen molar-refractivity contribution in [2.24, 2.45) is 0 Å². The van der Waals surface area contributed by atoms with Gasteiger partial charge in [0, 0.05) is 41.9 Å². The summed E-state index contributed by atoms with van der Waals surface area (Å²) >= 11 is 0. The number of aromatic nitrogens is 2. The summed E-state index contributed by atoms with van der Waals surface area (Å²) in [5.41, 5.74) is 5.60. The van der Waals surface area contributed by atoms with E-state index in [9.17, 15) is 0 Å². The van der Waals surface area contributed by atoms with E-state index in [4.69, 9.17) is 5.26 Å². The van der Waals surface area contributed by atoms with E-state index in [1.807, 2.05) is 25.1 Å². The van der Waals surface area contributed by atoms with Gasteiger partial charge in [-0.3, -0.25) is 0 Å². The molecule has 0 amide bonds. The Labute approximate surface area is 172 Å². The number of hydrogen-bond donors (Lipinski definition) is 2. The summed E-state index contributed by atoms with van der Waals surface area (Å²) in [4.78, 5) is 11.4. The Hall–Kier alpha value is -3.59. The maximum Gasteiger partial charge on any atom is 0.229 e. The minimum Gasteiger partial charge on any atom is -0.372 e. The highest BCUT2D eigenvalue weighted by atomic mass is 15.1. The molecule has 0 spiro atoms. The van der Waals surface area contributed by atoms with Gasteiger partial charge < -0.3 is 15.5 Å². The summed E-state index contributed by atoms with van der Waals surface area (Å²) in [7, 11) is 0. The minimum atomic E-state index is 0.486. The molecule has 0 atom stereocenters. The molecule has 0 fully saturated rings. The Morgan fingerprint density at radius 2 is 1.76 bits per heavy atom. The van der Waals surface area contributed by atoms with Crippen molar-refractivity contribution in [3.05, 3.63) is 65.4 Å². The molecule has 0 saturated heterocycles. The van der Waals surface area contributed by atoms with E-state index in [2.05, 4.69) is 70.5 Å². The number of hydrogen-bond acceptors (Lipinski definition) is 6. The fourth-order valence-electron chi connectivity index (χ4n) is 3.20. The predicted octanol–water partition coefficient (Wildman–Crippen LogP) is 5.30. The zero-order valence-corrected chi connectivity index (χ0v) is 17.3. The van der Waals surface area contributed by atoms with E-state index in [1.165, 1.54) is 5.69 Å². The van der Waals surface area contributed by atoms with Gasteiger partial charge in [-0.15, -0.1) is 0 Å². The lowest BCUT2D eigenvalue weighted by Crippen LogP contribution is -2.21. The molecule has 6 nitrogen and oxygen atoms in total. The molecule has 0 unspecified atom stereocenters. The standard InChI is InChI=1S/C23H26N6/c1-5-29(6-2)20-10-11-21(16(3)12-20)27-22-13-17(4)25-23(28-22)26-19-9-7-8-18(14-19)15-24/h7-14H,5-6H2,1-4H3,(H2,25,26,27,28). The van der Waals surface area contributed by atoms with Gasteiger partial charge in [-0.05, 0) is 69.7 Å². The molecule has 1 heterocycles. The average Bonchev–Trinajstić information content (AvgIpc) is 2.70. The van der Waals surface area contributed by atoms with Gasteiger partial charge in [-0.2, -0.15) is 10.2 Å². The molecule has 3 aromatic rings. The summed E-state index contributed by atoms with van der Waals surface area (Å²) in [6.07, 6.45) is 0. The van der Waals surface area contributed by atoms with Crippen LogP contribution in [-0.4, -0.2) is 23.1 Å². The Morgan fingerprint density at radius 1 is 0.966 bits per heavy atom. The van der Waals surface area contributed by atoms with Gasteiger partial charge in [0.2, 0.25) is 5.95 Å². The van der Waals surface area contributed by atoms with E-state index in [1.54, 1.807) is 12.1 Å². The van der Waals surface area contributed by atoms with Crippen molar-refractivity contribution in [1.82, 2.24) is 9.97 Å². The molecule has 0 bridgehead atoms. The van der Waals surface area contributed by atoms with Crippen molar-refractivity contribution < 1.29 is 0 Å². The van der Waals surface area contributed by atoms with Crippen LogP contribution in [0.5, 0.6) is 0 Å². The predicted molar refractivity (Wildman–Crippen MR) is 119 cm³/mol. The minimum absolute atomic E-state index is 0.486. The second-order valence-corrected chi connectivity index (χ2v) is 6.83. The molecule has 0 radical (unpaired) electrons. The number of nitrogens with one attached hydrogen (secondary N) is 2. The summed E-state index contributed by atoms with van der Waals surface area (Å²) in [5, 5.41) is 15.7. The highest BCUT2D eigenvalue weighted by molar-refractivity contribution is 5.66. The summed E-state index contributed by atoms with van der Waals surface area (Å²) < 4.78 is 0. The first-order valence-electron chi connectivity index (χ1n) is 9.78. The van der Waals surface area contributed by atoms with Crippen LogP contribution in [0.25, 0.3) is 0 Å². The maximum atomic E-state index is 9.07. The van der Waals surface area contributed by atoms with Crippen LogP contribution in [0.3, 0.4) is 0 Å². The monoisotopic (exact) mass is 386 g/mol. The first-order chi connectivity index (χ1) is 14.0. The van der Waals surface area contributed by atoms with Crippen molar-refractivity contribution in [2.45, 2.75) is 27.7 Å². The number of nitrogens with zero attached hydrogens (tertiary/aromatic N) is 4. The number of benzene rings is 2. The molecule has 0 saturated carbocycles. The van der Waals surface area contributed by atoms with Crippen LogP contribution >= 0.6 is 0 Å². The zero-order valence-electron chi connectivity index (χ0n) is 17.3. The lowest BCUT2D eigenvalue weighted by molar-refractivity contribution is 0.866. The van der Waals surface area contributed by atoms with Gasteiger partial charge in [0.15, 0.2) is 0 Å². The third kappa shape index (κ3) is 5.02. The molecule has 29 heavy (non-hydrogen) atoms. The first-order valence-corrected chi connectivity index (χ1v) is 9.78. The van der Waals surface area contributed by atoms with Crippen molar-refractivity contribution in [3.8, 4) is 6.07 Å². The third-order valence-corrected chi connectivity index (χ3v) is 4.70. The third-order valence-electron chi connectivity index (χ3n) is 4.70. The van der Waals surface area contributed by atoms with Gasteiger partial charge in [-0.1, -0.05) is 6.07 Å². The van der Waals surface area contributed by atoms with Gasteiger partial charge in [0.05, 0.1) is 11.6 Å². The molecular weight excluding hydrogens is 360 g/mol. The molecule has 0 aliphatic carbocycles. The smallest absolute Gasteiger partial charge is 0.229 e. The zero-order chi connectivity index (χ0) is 20.8. The highest BCUT2D eigenvalue weighted by Crippen LogP contribution is 2.26. The quantitative estimate of drug-likeness (QED) is 0.574. The Kier molecular flexibility index (Phi) is 6.30. The van der Waals surface area contributed by atoms with Crippen LogP contribution in [-0.2, 0) is 0 Å². The SMILES string of the molecule is CCN(CC)c1ccc(Nc2cc(C)nc(Nc3cccc(C#N)c3)n2)c(C)c1. The van der Waals surface area contributed by atoms with Crippen LogP contribution in [0.15, 0.2) is 48.5 Å². The molecule has 148 valence electrons. The van der Waals surface area contributed by atoms with Crippen LogP contribution in [0, 0.1) is 25.2 Å². The van der Waals surface area contributed by atoms with E-state index >= 15 is 0 Å². The Balaban J connectivity index is 1.82. The van der Waals surface area contributed by atoms with Crippen molar-refractivity contribution in [3.63, 3.8) is 0 Å². The molecule has 0 aliphatic rings. The van der Waals surface area contributed by atoms with E-state index < -0.39 is 0 Å². The van der Waals surface area contributed by atoms with Gasteiger partial charge in [-0.25, -0.2) is 4.98 Å². The van der Waals surface area contributed by atoms with E-state index in [0.717, 1.165) is 41.5 Å². The average molecular weight is 387 g/mol. The van der Waals surface area contributed by atoms with Crippen molar-refractivity contribution in [2.75, 3.05) is 28.6 Å². The van der Waals surface area contributed by atoms with Crippen LogP contribution in [0.4, 0.5) is 28.8 Å². The number of aryl methyl sites for hydroxylation is 2. The summed E-state index contributed by atoms with van der Waals surface area (Å²) in [6, 6.07) is 17.7. The second-order valence-electron chi connectivity index (χ2n) is 6.83. The summed E-state index contributed by atoms with van der Waals surface area (Å²) in [6.45, 7) is 10.3. The molecule has 6 heteroatoms. The lowest BCUT2D eigenvalue weighted by atomic mass is 10.1. The van der Waals surface area contributed by atoms with Crippen molar-refractivity contribution >= 4 is 28.8 Å². The van der Waals surface area contributed by atoms with E-state index in [0.29, 0.717) is 11.5 Å². The summed E-state index contributed by atoms with van der Waals surface area (Å²) in [5.74, 6) is 1.20. The molecule has 1 aromatic heterocycles. The lowest BCUT2D eigenvalue weighted by Gasteiger charge is -2.22. The fourth-order valence-corrected chi connectivity index (χ4v) is 3.20. The maximum absolute atomic E-state index is 9.07. The number of nitriles is 1. The fraction of sp³-hybridized carbons (Fsp3) is 0.261. The second kappa shape index (κ2) is 9.07. The molecule has 3 rings (SSSR count). The molecule has 2 N–H and O–H groups in total. The Bertz CT molecular complexity index is 1030. The van der Waals surface area contributed by atoms with Crippen LogP contribution in [0.1, 0.15) is 30.7 Å². The molecule has 0 aliphatic heterocycles. The topological polar surface area (TPSA) is 76.9 Å². The first kappa shape index (κ1) is 20.2. The van der Waals surface area contributed by atoms with Crippen molar-refractivity contribution in [1.29, 1.82) is 5.26 Å². The number of rotatable bonds is 7. The molecule has 2 aromatic carbocycles. The normalized spacial score (nSPS) is 10.3. The number of anilines is 5. The Morgan fingerprint density at radius 3 is 2.45 bits per heavy atom.